The molecule has 3 N–H and O–H groups in total. The number of aromatic carboxylic acids is 1. The number of hydrogen-bond donors (Lipinski definition) is 3. The van der Waals surface area contributed by atoms with Gasteiger partial charge in [0.1, 0.15) is 9.77 Å². The van der Waals surface area contributed by atoms with Gasteiger partial charge in [0.2, 0.25) is 10.0 Å². The van der Waals surface area contributed by atoms with Gasteiger partial charge in [0, 0.05) is 13.2 Å². The molecule has 1 aromatic rings. The summed E-state index contributed by atoms with van der Waals surface area (Å²) in [7, 11) is -3.86. The van der Waals surface area contributed by atoms with E-state index in [2.05, 4.69) is 4.72 Å². The number of carboxylic acids is 1. The number of rotatable bonds is 6. The molecule has 6 nitrogen and oxygen atoms in total. The topological polar surface area (TPSA) is 104 Å². The number of carbonyl (C=O) groups is 1. The Morgan fingerprint density at radius 2 is 2.17 bits per heavy atom. The number of aryl methyl sites for hydroxylation is 1. The Morgan fingerprint density at radius 1 is 1.56 bits per heavy atom. The molecule has 0 saturated heterocycles. The highest BCUT2D eigenvalue weighted by Crippen LogP contribution is 2.26. The number of sulfonamides is 1. The second-order valence-electron chi connectivity index (χ2n) is 4.02. The molecule has 18 heavy (non-hydrogen) atoms. The third-order valence-electron chi connectivity index (χ3n) is 2.31. The summed E-state index contributed by atoms with van der Waals surface area (Å²) in [6, 6.07) is 0. The average molecular weight is 293 g/mol. The summed E-state index contributed by atoms with van der Waals surface area (Å²) in [5.41, 5.74) is 0.404. The van der Waals surface area contributed by atoms with Crippen LogP contribution in [0, 0.1) is 12.8 Å². The van der Waals surface area contributed by atoms with Crippen molar-refractivity contribution in [1.82, 2.24) is 4.72 Å². The van der Waals surface area contributed by atoms with Crippen molar-refractivity contribution in [3.63, 3.8) is 0 Å². The third-order valence-corrected chi connectivity index (χ3v) is 5.14. The van der Waals surface area contributed by atoms with Gasteiger partial charge in [-0.05, 0) is 23.8 Å². The Bertz CT molecular complexity index is 534. The van der Waals surface area contributed by atoms with E-state index in [-0.39, 0.29) is 28.8 Å². The summed E-state index contributed by atoms with van der Waals surface area (Å²) in [6.45, 7) is 3.15. The Labute approximate surface area is 109 Å². The maximum absolute atomic E-state index is 12.0. The minimum Gasteiger partial charge on any atom is -0.477 e. The summed E-state index contributed by atoms with van der Waals surface area (Å²) in [5.74, 6) is -1.49. The van der Waals surface area contributed by atoms with Crippen LogP contribution in [0.3, 0.4) is 0 Å². The molecule has 0 aliphatic carbocycles. The lowest BCUT2D eigenvalue weighted by Crippen LogP contribution is -2.30. The van der Waals surface area contributed by atoms with Crippen LogP contribution in [0.4, 0.5) is 0 Å². The van der Waals surface area contributed by atoms with Gasteiger partial charge < -0.3 is 10.2 Å². The van der Waals surface area contributed by atoms with Crippen molar-refractivity contribution < 1.29 is 23.4 Å². The van der Waals surface area contributed by atoms with E-state index >= 15 is 0 Å². The Balaban J connectivity index is 3.05. The van der Waals surface area contributed by atoms with Crippen LogP contribution in [0.5, 0.6) is 0 Å². The number of carboxylic acid groups (broad SMARTS) is 1. The monoisotopic (exact) mass is 293 g/mol. The minimum absolute atomic E-state index is 0.0627. The molecule has 0 amide bonds. The van der Waals surface area contributed by atoms with E-state index < -0.39 is 16.0 Å². The van der Waals surface area contributed by atoms with E-state index in [4.69, 9.17) is 10.2 Å². The molecule has 0 aliphatic heterocycles. The zero-order valence-corrected chi connectivity index (χ0v) is 11.6. The smallest absolute Gasteiger partial charge is 0.347 e. The lowest BCUT2D eigenvalue weighted by atomic mass is 10.2. The van der Waals surface area contributed by atoms with Crippen LogP contribution in [0.15, 0.2) is 10.3 Å². The molecule has 1 aromatic heterocycles. The molecule has 102 valence electrons. The minimum atomic E-state index is -3.86. The molecule has 1 unspecified atom stereocenters. The Kier molecular flexibility index (Phi) is 4.85. The molecule has 0 saturated carbocycles. The summed E-state index contributed by atoms with van der Waals surface area (Å²) in [6.07, 6.45) is 0. The number of thiophene rings is 1. The van der Waals surface area contributed by atoms with Crippen molar-refractivity contribution in [2.24, 2.45) is 5.92 Å². The molecular weight excluding hydrogens is 278 g/mol. The van der Waals surface area contributed by atoms with E-state index in [0.717, 1.165) is 11.3 Å². The van der Waals surface area contributed by atoms with Crippen LogP contribution < -0.4 is 4.72 Å². The first kappa shape index (κ1) is 15.1. The highest BCUT2D eigenvalue weighted by molar-refractivity contribution is 7.89. The number of aliphatic hydroxyl groups is 1. The summed E-state index contributed by atoms with van der Waals surface area (Å²) >= 11 is 0.883. The van der Waals surface area contributed by atoms with Gasteiger partial charge in [0.05, 0.1) is 0 Å². The number of hydrogen-bond acceptors (Lipinski definition) is 5. The van der Waals surface area contributed by atoms with Gasteiger partial charge in [0.25, 0.3) is 0 Å². The van der Waals surface area contributed by atoms with Crippen LogP contribution in [0.1, 0.15) is 22.2 Å². The van der Waals surface area contributed by atoms with E-state index in [1.54, 1.807) is 13.8 Å². The van der Waals surface area contributed by atoms with Crippen molar-refractivity contribution in [3.05, 3.63) is 15.8 Å². The standard InChI is InChI=1S/C10H15NO5S2/c1-6(4-12)3-11-18(15,16)9-7(2)5-17-8(9)10(13)14/h5-6,11-12H,3-4H2,1-2H3,(H,13,14). The van der Waals surface area contributed by atoms with Gasteiger partial charge in [-0.2, -0.15) is 0 Å². The van der Waals surface area contributed by atoms with Gasteiger partial charge in [-0.3, -0.25) is 0 Å². The van der Waals surface area contributed by atoms with E-state index in [9.17, 15) is 13.2 Å². The molecule has 1 atom stereocenters. The van der Waals surface area contributed by atoms with Crippen molar-refractivity contribution in [1.29, 1.82) is 0 Å². The largest absolute Gasteiger partial charge is 0.477 e. The summed E-state index contributed by atoms with van der Waals surface area (Å²) < 4.78 is 26.3. The van der Waals surface area contributed by atoms with E-state index in [0.29, 0.717) is 5.56 Å². The first-order valence-corrected chi connectivity index (χ1v) is 7.57. The van der Waals surface area contributed by atoms with Gasteiger partial charge >= 0.3 is 5.97 Å². The highest BCUT2D eigenvalue weighted by Gasteiger charge is 2.26. The third kappa shape index (κ3) is 3.29. The maximum Gasteiger partial charge on any atom is 0.347 e. The highest BCUT2D eigenvalue weighted by atomic mass is 32.2. The fraction of sp³-hybridized carbons (Fsp3) is 0.500. The van der Waals surface area contributed by atoms with Crippen LogP contribution in [0.2, 0.25) is 0 Å². The van der Waals surface area contributed by atoms with Gasteiger partial charge in [-0.1, -0.05) is 6.92 Å². The zero-order chi connectivity index (χ0) is 13.9. The van der Waals surface area contributed by atoms with Crippen LogP contribution in [0.25, 0.3) is 0 Å². The Hall–Kier alpha value is -0.960. The first-order chi connectivity index (χ1) is 8.29. The second kappa shape index (κ2) is 5.79. The van der Waals surface area contributed by atoms with Crippen LogP contribution in [-0.4, -0.2) is 37.8 Å². The SMILES string of the molecule is Cc1csc(C(=O)O)c1S(=O)(=O)NCC(C)CO. The molecule has 0 fully saturated rings. The van der Waals surface area contributed by atoms with Crippen molar-refractivity contribution in [2.45, 2.75) is 18.7 Å². The average Bonchev–Trinajstić information content (AvgIpc) is 2.69. The molecule has 0 radical (unpaired) electrons. The Morgan fingerprint density at radius 3 is 2.67 bits per heavy atom. The van der Waals surface area contributed by atoms with Crippen LogP contribution in [-0.2, 0) is 10.0 Å². The lowest BCUT2D eigenvalue weighted by molar-refractivity contribution is 0.0698. The van der Waals surface area contributed by atoms with Crippen molar-refractivity contribution in [2.75, 3.05) is 13.2 Å². The molecule has 1 heterocycles. The summed E-state index contributed by atoms with van der Waals surface area (Å²) in [5, 5.41) is 19.3. The molecule has 8 heteroatoms. The first-order valence-electron chi connectivity index (χ1n) is 5.21. The second-order valence-corrected chi connectivity index (χ2v) is 6.61. The number of nitrogens with one attached hydrogen (secondary N) is 1. The lowest BCUT2D eigenvalue weighted by Gasteiger charge is -2.11. The molecule has 1 rings (SSSR count). The van der Waals surface area contributed by atoms with E-state index in [1.807, 2.05) is 0 Å². The fourth-order valence-electron chi connectivity index (χ4n) is 1.30. The number of aliphatic hydroxyl groups excluding tert-OH is 1. The van der Waals surface area contributed by atoms with Crippen LogP contribution >= 0.6 is 11.3 Å². The van der Waals surface area contributed by atoms with Gasteiger partial charge in [0.15, 0.2) is 0 Å². The predicted octanol–water partition coefficient (Wildman–Crippen LogP) is 0.661. The maximum atomic E-state index is 12.0. The van der Waals surface area contributed by atoms with Gasteiger partial charge in [-0.15, -0.1) is 11.3 Å². The van der Waals surface area contributed by atoms with Crippen molar-refractivity contribution in [3.8, 4) is 0 Å². The normalized spacial score (nSPS) is 13.5. The molecule has 0 spiro atoms. The fourth-order valence-corrected chi connectivity index (χ4v) is 4.10. The van der Waals surface area contributed by atoms with E-state index in [1.165, 1.54) is 5.38 Å². The quantitative estimate of drug-likeness (QED) is 0.715. The van der Waals surface area contributed by atoms with Gasteiger partial charge in [-0.25, -0.2) is 17.9 Å². The molecule has 0 aromatic carbocycles. The molecule has 0 aliphatic rings. The molecular formula is C10H15NO5S2. The zero-order valence-electron chi connectivity index (χ0n) is 10.0. The predicted molar refractivity (Wildman–Crippen MR) is 67.5 cm³/mol. The molecule has 0 bridgehead atoms. The summed E-state index contributed by atoms with van der Waals surface area (Å²) in [4.78, 5) is 10.6. The van der Waals surface area contributed by atoms with Crippen molar-refractivity contribution >= 4 is 27.3 Å².